The van der Waals surface area contributed by atoms with Gasteiger partial charge >= 0.3 is 5.97 Å². The van der Waals surface area contributed by atoms with Crippen molar-refractivity contribution >= 4 is 23.2 Å². The van der Waals surface area contributed by atoms with Gasteiger partial charge in [0.2, 0.25) is 5.91 Å². The van der Waals surface area contributed by atoms with Gasteiger partial charge in [-0.25, -0.2) is 9.78 Å². The molecule has 6 heteroatoms. The lowest BCUT2D eigenvalue weighted by Gasteiger charge is -2.15. The second kappa shape index (κ2) is 4.68. The molecule has 1 aromatic rings. The maximum atomic E-state index is 11.7. The summed E-state index contributed by atoms with van der Waals surface area (Å²) in [6.07, 6.45) is 2.75. The molecule has 0 aromatic carbocycles. The third kappa shape index (κ3) is 2.38. The van der Waals surface area contributed by atoms with Crippen molar-refractivity contribution in [3.8, 4) is 0 Å². The van der Waals surface area contributed by atoms with Gasteiger partial charge in [0, 0.05) is 30.3 Å². The van der Waals surface area contributed by atoms with Crippen molar-refractivity contribution in [3.05, 3.63) is 16.6 Å². The standard InChI is InChI=1S/C12H14N2O3S/c15-11-3-8(4-14(11)9-1-2-9)5-17-12(16)10-6-18-7-13-10/h6-9H,1-5H2. The smallest absolute Gasteiger partial charge is 0.357 e. The summed E-state index contributed by atoms with van der Waals surface area (Å²) < 4.78 is 5.19. The summed E-state index contributed by atoms with van der Waals surface area (Å²) in [4.78, 5) is 29.1. The predicted octanol–water partition coefficient (Wildman–Crippen LogP) is 1.31. The van der Waals surface area contributed by atoms with Crippen LogP contribution in [0.2, 0.25) is 0 Å². The Labute approximate surface area is 109 Å². The molecule has 5 nitrogen and oxygen atoms in total. The van der Waals surface area contributed by atoms with Crippen LogP contribution in [0.15, 0.2) is 10.9 Å². The van der Waals surface area contributed by atoms with Crippen LogP contribution in [0.4, 0.5) is 0 Å². The fourth-order valence-electron chi connectivity index (χ4n) is 2.24. The second-order valence-electron chi connectivity index (χ2n) is 4.82. The van der Waals surface area contributed by atoms with E-state index in [0.717, 1.165) is 19.4 Å². The molecule has 1 aliphatic carbocycles. The first-order chi connectivity index (χ1) is 8.74. The molecular weight excluding hydrogens is 252 g/mol. The van der Waals surface area contributed by atoms with Gasteiger partial charge in [0.1, 0.15) is 0 Å². The van der Waals surface area contributed by atoms with Gasteiger partial charge < -0.3 is 9.64 Å². The van der Waals surface area contributed by atoms with E-state index in [1.54, 1.807) is 10.9 Å². The van der Waals surface area contributed by atoms with E-state index in [9.17, 15) is 9.59 Å². The number of esters is 1. The molecule has 1 saturated heterocycles. The van der Waals surface area contributed by atoms with Gasteiger partial charge in [-0.2, -0.15) is 0 Å². The van der Waals surface area contributed by atoms with Crippen molar-refractivity contribution in [1.82, 2.24) is 9.88 Å². The number of aromatic nitrogens is 1. The molecule has 1 atom stereocenters. The van der Waals surface area contributed by atoms with Crippen molar-refractivity contribution in [1.29, 1.82) is 0 Å². The lowest BCUT2D eigenvalue weighted by atomic mass is 10.1. The van der Waals surface area contributed by atoms with Crippen LogP contribution in [0.3, 0.4) is 0 Å². The summed E-state index contributed by atoms with van der Waals surface area (Å²) >= 11 is 1.36. The van der Waals surface area contributed by atoms with Gasteiger partial charge in [0.15, 0.2) is 5.69 Å². The minimum atomic E-state index is -0.395. The number of carbonyl (C=O) groups excluding carboxylic acids is 2. The second-order valence-corrected chi connectivity index (χ2v) is 5.54. The highest BCUT2D eigenvalue weighted by Gasteiger charge is 2.39. The van der Waals surface area contributed by atoms with E-state index in [2.05, 4.69) is 4.98 Å². The van der Waals surface area contributed by atoms with Crippen LogP contribution >= 0.6 is 11.3 Å². The largest absolute Gasteiger partial charge is 0.461 e. The monoisotopic (exact) mass is 266 g/mol. The molecule has 18 heavy (non-hydrogen) atoms. The molecule has 2 heterocycles. The molecule has 96 valence electrons. The first-order valence-corrected chi connectivity index (χ1v) is 7.03. The number of amides is 1. The average molecular weight is 266 g/mol. The van der Waals surface area contributed by atoms with E-state index >= 15 is 0 Å². The fraction of sp³-hybridized carbons (Fsp3) is 0.583. The highest BCUT2D eigenvalue weighted by atomic mass is 32.1. The van der Waals surface area contributed by atoms with Crippen LogP contribution in [0.25, 0.3) is 0 Å². The molecule has 2 aliphatic rings. The summed E-state index contributed by atoms with van der Waals surface area (Å²) in [7, 11) is 0. The third-order valence-electron chi connectivity index (χ3n) is 3.32. The molecular formula is C12H14N2O3S. The van der Waals surface area contributed by atoms with Crippen molar-refractivity contribution in [2.45, 2.75) is 25.3 Å². The highest BCUT2D eigenvalue weighted by Crippen LogP contribution is 2.32. The molecule has 2 fully saturated rings. The number of ether oxygens (including phenoxy) is 1. The van der Waals surface area contributed by atoms with Crippen LogP contribution in [0, 0.1) is 5.92 Å². The molecule has 1 aliphatic heterocycles. The van der Waals surface area contributed by atoms with E-state index < -0.39 is 5.97 Å². The van der Waals surface area contributed by atoms with Crippen LogP contribution < -0.4 is 0 Å². The summed E-state index contributed by atoms with van der Waals surface area (Å²) in [6, 6.07) is 0.455. The molecule has 1 unspecified atom stereocenters. The maximum Gasteiger partial charge on any atom is 0.357 e. The van der Waals surface area contributed by atoms with E-state index in [4.69, 9.17) is 4.74 Å². The Kier molecular flexibility index (Phi) is 3.03. The number of rotatable bonds is 4. The number of hydrogen-bond acceptors (Lipinski definition) is 5. The number of thiazole rings is 1. The first kappa shape index (κ1) is 11.6. The van der Waals surface area contributed by atoms with Crippen molar-refractivity contribution in [2.75, 3.05) is 13.2 Å². The molecule has 1 saturated carbocycles. The Morgan fingerprint density at radius 1 is 1.56 bits per heavy atom. The van der Waals surface area contributed by atoms with E-state index in [1.807, 2.05) is 4.90 Å². The summed E-state index contributed by atoms with van der Waals surface area (Å²) in [5.41, 5.74) is 1.95. The molecule has 0 N–H and O–H groups in total. The molecule has 0 radical (unpaired) electrons. The predicted molar refractivity (Wildman–Crippen MR) is 65.2 cm³/mol. The van der Waals surface area contributed by atoms with Crippen LogP contribution in [-0.2, 0) is 9.53 Å². The highest BCUT2D eigenvalue weighted by molar-refractivity contribution is 7.07. The molecule has 1 amide bonds. The topological polar surface area (TPSA) is 59.5 Å². The zero-order chi connectivity index (χ0) is 12.5. The molecule has 0 spiro atoms. The van der Waals surface area contributed by atoms with Crippen LogP contribution in [0.1, 0.15) is 29.8 Å². The van der Waals surface area contributed by atoms with Crippen LogP contribution in [0.5, 0.6) is 0 Å². The zero-order valence-electron chi connectivity index (χ0n) is 9.87. The Balaban J connectivity index is 1.49. The minimum absolute atomic E-state index is 0.140. The summed E-state index contributed by atoms with van der Waals surface area (Å²) in [5.74, 6) is -0.0542. The quantitative estimate of drug-likeness (QED) is 0.771. The number of nitrogens with zero attached hydrogens (tertiary/aromatic N) is 2. The first-order valence-electron chi connectivity index (χ1n) is 6.09. The van der Waals surface area contributed by atoms with Crippen molar-refractivity contribution < 1.29 is 14.3 Å². The average Bonchev–Trinajstić information content (AvgIpc) is 2.91. The van der Waals surface area contributed by atoms with E-state index in [0.29, 0.717) is 24.8 Å². The van der Waals surface area contributed by atoms with Gasteiger partial charge in [-0.3, -0.25) is 4.79 Å². The molecule has 3 rings (SSSR count). The normalized spacial score (nSPS) is 23.4. The fourth-order valence-corrected chi connectivity index (χ4v) is 2.76. The molecule has 1 aromatic heterocycles. The van der Waals surface area contributed by atoms with Crippen LogP contribution in [-0.4, -0.2) is 41.0 Å². The van der Waals surface area contributed by atoms with E-state index in [-0.39, 0.29) is 11.8 Å². The maximum absolute atomic E-state index is 11.7. The minimum Gasteiger partial charge on any atom is -0.461 e. The summed E-state index contributed by atoms with van der Waals surface area (Å²) in [6.45, 7) is 1.04. The SMILES string of the molecule is O=C(OCC1CC(=O)N(C2CC2)C1)c1cscn1. The third-order valence-corrected chi connectivity index (χ3v) is 3.90. The Hall–Kier alpha value is -1.43. The zero-order valence-corrected chi connectivity index (χ0v) is 10.7. The lowest BCUT2D eigenvalue weighted by Crippen LogP contribution is -2.27. The van der Waals surface area contributed by atoms with E-state index in [1.165, 1.54) is 11.3 Å². The lowest BCUT2D eigenvalue weighted by molar-refractivity contribution is -0.128. The number of likely N-dealkylation sites (tertiary alicyclic amines) is 1. The number of hydrogen-bond donors (Lipinski definition) is 0. The van der Waals surface area contributed by atoms with Gasteiger partial charge in [0.25, 0.3) is 0 Å². The van der Waals surface area contributed by atoms with Gasteiger partial charge in [-0.05, 0) is 12.8 Å². The molecule has 0 bridgehead atoms. The van der Waals surface area contributed by atoms with Crippen molar-refractivity contribution in [2.24, 2.45) is 5.92 Å². The van der Waals surface area contributed by atoms with Gasteiger partial charge in [-0.1, -0.05) is 0 Å². The Morgan fingerprint density at radius 3 is 3.06 bits per heavy atom. The summed E-state index contributed by atoms with van der Waals surface area (Å²) in [5, 5.41) is 1.67. The van der Waals surface area contributed by atoms with Gasteiger partial charge in [0.05, 0.1) is 12.1 Å². The van der Waals surface area contributed by atoms with Gasteiger partial charge in [-0.15, -0.1) is 11.3 Å². The Bertz CT molecular complexity index is 456. The Morgan fingerprint density at radius 2 is 2.39 bits per heavy atom. The number of carbonyl (C=O) groups is 2. The van der Waals surface area contributed by atoms with Crippen molar-refractivity contribution in [3.63, 3.8) is 0 Å².